The zero-order chi connectivity index (χ0) is 14.8. The first kappa shape index (κ1) is 15.4. The van der Waals surface area contributed by atoms with Crippen molar-refractivity contribution >= 4 is 23.4 Å². The second kappa shape index (κ2) is 6.20. The third kappa shape index (κ3) is 4.27. The first-order valence-corrected chi connectivity index (χ1v) is 7.73. The summed E-state index contributed by atoms with van der Waals surface area (Å²) in [5.41, 5.74) is 1.29. The SMILES string of the molecule is Cn1cc(Sc2c(Cl)cccc2CNC(C)(C)C)cn1. The van der Waals surface area contributed by atoms with E-state index in [9.17, 15) is 0 Å². The molecule has 0 unspecified atom stereocenters. The minimum absolute atomic E-state index is 0.0819. The van der Waals surface area contributed by atoms with Gasteiger partial charge in [-0.05, 0) is 32.4 Å². The number of aryl methyl sites for hydroxylation is 1. The van der Waals surface area contributed by atoms with Crippen molar-refractivity contribution in [2.45, 2.75) is 42.6 Å². The van der Waals surface area contributed by atoms with E-state index in [4.69, 9.17) is 11.6 Å². The van der Waals surface area contributed by atoms with Gasteiger partial charge in [-0.2, -0.15) is 5.10 Å². The highest BCUT2D eigenvalue weighted by Gasteiger charge is 2.13. The van der Waals surface area contributed by atoms with E-state index < -0.39 is 0 Å². The molecule has 0 spiro atoms. The topological polar surface area (TPSA) is 29.9 Å². The summed E-state index contributed by atoms with van der Waals surface area (Å²) in [5, 5.41) is 8.48. The number of rotatable bonds is 4. The molecule has 0 amide bonds. The summed E-state index contributed by atoms with van der Waals surface area (Å²) in [5.74, 6) is 0. The molecule has 1 N–H and O–H groups in total. The van der Waals surface area contributed by atoms with Crippen LogP contribution in [-0.2, 0) is 13.6 Å². The van der Waals surface area contributed by atoms with Gasteiger partial charge >= 0.3 is 0 Å². The Morgan fingerprint density at radius 1 is 1.35 bits per heavy atom. The molecule has 1 aromatic heterocycles. The van der Waals surface area contributed by atoms with Crippen molar-refractivity contribution in [3.05, 3.63) is 41.2 Å². The Hall–Kier alpha value is -0.970. The Morgan fingerprint density at radius 3 is 2.70 bits per heavy atom. The molecule has 0 bridgehead atoms. The lowest BCUT2D eigenvalue weighted by Crippen LogP contribution is -2.35. The van der Waals surface area contributed by atoms with Gasteiger partial charge in [-0.3, -0.25) is 4.68 Å². The predicted molar refractivity (Wildman–Crippen MR) is 85.4 cm³/mol. The summed E-state index contributed by atoms with van der Waals surface area (Å²) < 4.78 is 1.80. The second-order valence-corrected chi connectivity index (χ2v) is 7.27. The molecule has 20 heavy (non-hydrogen) atoms. The molecule has 0 aliphatic carbocycles. The van der Waals surface area contributed by atoms with Crippen LogP contribution in [0.1, 0.15) is 26.3 Å². The third-order valence-electron chi connectivity index (χ3n) is 2.76. The maximum absolute atomic E-state index is 6.36. The highest BCUT2D eigenvalue weighted by molar-refractivity contribution is 7.99. The summed E-state index contributed by atoms with van der Waals surface area (Å²) in [6.45, 7) is 7.27. The van der Waals surface area contributed by atoms with Crippen molar-refractivity contribution in [1.29, 1.82) is 0 Å². The van der Waals surface area contributed by atoms with Crippen LogP contribution in [0.3, 0.4) is 0 Å². The van der Waals surface area contributed by atoms with Crippen LogP contribution in [0.25, 0.3) is 0 Å². The van der Waals surface area contributed by atoms with Crippen molar-refractivity contribution in [3.63, 3.8) is 0 Å². The predicted octanol–water partition coefficient (Wildman–Crippen LogP) is 4.11. The number of halogens is 1. The molecular weight excluding hydrogens is 290 g/mol. The van der Waals surface area contributed by atoms with Crippen LogP contribution < -0.4 is 5.32 Å². The number of benzene rings is 1. The standard InChI is InChI=1S/C15H20ClN3S/c1-15(2,3)17-8-11-6-5-7-13(16)14(11)20-12-9-18-19(4)10-12/h5-7,9-10,17H,8H2,1-4H3. The lowest BCUT2D eigenvalue weighted by atomic mass is 10.1. The average Bonchev–Trinajstić information content (AvgIpc) is 2.75. The summed E-state index contributed by atoms with van der Waals surface area (Å²) >= 11 is 8.02. The van der Waals surface area contributed by atoms with Crippen molar-refractivity contribution in [2.24, 2.45) is 7.05 Å². The van der Waals surface area contributed by atoms with Crippen LogP contribution in [0.4, 0.5) is 0 Å². The van der Waals surface area contributed by atoms with E-state index in [1.54, 1.807) is 16.4 Å². The minimum Gasteiger partial charge on any atom is -0.308 e. The molecule has 5 heteroatoms. The van der Waals surface area contributed by atoms with E-state index in [2.05, 4.69) is 37.3 Å². The van der Waals surface area contributed by atoms with E-state index >= 15 is 0 Å². The fourth-order valence-electron chi connectivity index (χ4n) is 1.74. The molecule has 1 aromatic carbocycles. The maximum atomic E-state index is 6.36. The lowest BCUT2D eigenvalue weighted by molar-refractivity contribution is 0.422. The fraction of sp³-hybridized carbons (Fsp3) is 0.400. The molecule has 3 nitrogen and oxygen atoms in total. The van der Waals surface area contributed by atoms with Crippen molar-refractivity contribution < 1.29 is 0 Å². The van der Waals surface area contributed by atoms with E-state index in [1.807, 2.05) is 31.6 Å². The van der Waals surface area contributed by atoms with Crippen LogP contribution >= 0.6 is 23.4 Å². The van der Waals surface area contributed by atoms with E-state index in [0.717, 1.165) is 21.4 Å². The van der Waals surface area contributed by atoms with Crippen molar-refractivity contribution in [2.75, 3.05) is 0 Å². The molecule has 108 valence electrons. The zero-order valence-electron chi connectivity index (χ0n) is 12.3. The Balaban J connectivity index is 2.22. The Morgan fingerprint density at radius 2 is 2.10 bits per heavy atom. The summed E-state index contributed by atoms with van der Waals surface area (Å²) in [6.07, 6.45) is 3.85. The Bertz CT molecular complexity index is 587. The summed E-state index contributed by atoms with van der Waals surface area (Å²) in [4.78, 5) is 2.19. The molecule has 1 heterocycles. The highest BCUT2D eigenvalue weighted by Crippen LogP contribution is 2.35. The van der Waals surface area contributed by atoms with Gasteiger partial charge in [0, 0.05) is 30.2 Å². The van der Waals surface area contributed by atoms with Crippen LogP contribution in [-0.4, -0.2) is 15.3 Å². The van der Waals surface area contributed by atoms with Gasteiger partial charge in [-0.1, -0.05) is 35.5 Å². The van der Waals surface area contributed by atoms with Gasteiger partial charge in [0.1, 0.15) is 0 Å². The number of nitrogens with one attached hydrogen (secondary N) is 1. The molecule has 0 aliphatic heterocycles. The first-order chi connectivity index (χ1) is 9.35. The first-order valence-electron chi connectivity index (χ1n) is 6.54. The smallest absolute Gasteiger partial charge is 0.0629 e. The van der Waals surface area contributed by atoms with Crippen LogP contribution in [0.15, 0.2) is 40.4 Å². The van der Waals surface area contributed by atoms with Gasteiger partial charge in [0.25, 0.3) is 0 Å². The number of nitrogens with zero attached hydrogens (tertiary/aromatic N) is 2. The third-order valence-corrected chi connectivity index (χ3v) is 4.32. The van der Waals surface area contributed by atoms with Crippen LogP contribution in [0, 0.1) is 0 Å². The molecule has 0 atom stereocenters. The average molecular weight is 310 g/mol. The lowest BCUT2D eigenvalue weighted by Gasteiger charge is -2.21. The molecule has 2 rings (SSSR count). The minimum atomic E-state index is 0.0819. The Kier molecular flexibility index (Phi) is 4.78. The zero-order valence-corrected chi connectivity index (χ0v) is 13.8. The second-order valence-electron chi connectivity index (χ2n) is 5.78. The largest absolute Gasteiger partial charge is 0.308 e. The van der Waals surface area contributed by atoms with Gasteiger partial charge in [0.15, 0.2) is 0 Å². The summed E-state index contributed by atoms with van der Waals surface area (Å²) in [6, 6.07) is 6.04. The molecule has 0 saturated heterocycles. The van der Waals surface area contributed by atoms with Crippen molar-refractivity contribution in [1.82, 2.24) is 15.1 Å². The molecular formula is C15H20ClN3S. The number of aromatic nitrogens is 2. The monoisotopic (exact) mass is 309 g/mol. The van der Waals surface area contributed by atoms with Crippen molar-refractivity contribution in [3.8, 4) is 0 Å². The van der Waals surface area contributed by atoms with Crippen LogP contribution in [0.5, 0.6) is 0 Å². The molecule has 0 saturated carbocycles. The normalized spacial score (nSPS) is 11.8. The molecule has 2 aromatic rings. The Labute approximate surface area is 129 Å². The quantitative estimate of drug-likeness (QED) is 0.921. The van der Waals surface area contributed by atoms with Gasteiger partial charge in [-0.15, -0.1) is 0 Å². The molecule has 0 aliphatic rings. The van der Waals surface area contributed by atoms with E-state index in [-0.39, 0.29) is 5.54 Å². The fourth-order valence-corrected chi connectivity index (χ4v) is 3.02. The summed E-state index contributed by atoms with van der Waals surface area (Å²) in [7, 11) is 1.92. The van der Waals surface area contributed by atoms with E-state index in [0.29, 0.717) is 0 Å². The number of hydrogen-bond donors (Lipinski definition) is 1. The van der Waals surface area contributed by atoms with Gasteiger partial charge < -0.3 is 5.32 Å². The van der Waals surface area contributed by atoms with Crippen LogP contribution in [0.2, 0.25) is 5.02 Å². The van der Waals surface area contributed by atoms with Gasteiger partial charge in [0.05, 0.1) is 16.1 Å². The van der Waals surface area contributed by atoms with Gasteiger partial charge in [-0.25, -0.2) is 0 Å². The maximum Gasteiger partial charge on any atom is 0.0629 e. The van der Waals surface area contributed by atoms with E-state index in [1.165, 1.54) is 5.56 Å². The molecule has 0 fully saturated rings. The number of hydrogen-bond acceptors (Lipinski definition) is 3. The highest BCUT2D eigenvalue weighted by atomic mass is 35.5. The molecule has 0 radical (unpaired) electrons. The van der Waals surface area contributed by atoms with Gasteiger partial charge in [0.2, 0.25) is 0 Å².